The molecule has 1 aromatic heterocycles. The molecule has 0 spiro atoms. The van der Waals surface area contributed by atoms with Gasteiger partial charge in [-0.2, -0.15) is 0 Å². The molecule has 0 aliphatic carbocycles. The van der Waals surface area contributed by atoms with E-state index in [0.717, 1.165) is 17.3 Å². The van der Waals surface area contributed by atoms with Crippen molar-refractivity contribution >= 4 is 23.2 Å². The first kappa shape index (κ1) is 23.9. The van der Waals surface area contributed by atoms with Gasteiger partial charge >= 0.3 is 0 Å². The van der Waals surface area contributed by atoms with Gasteiger partial charge in [0.15, 0.2) is 17.4 Å². The summed E-state index contributed by atoms with van der Waals surface area (Å²) < 4.78 is 35.3. The van der Waals surface area contributed by atoms with Crippen molar-refractivity contribution in [2.45, 2.75) is 32.9 Å². The second-order valence-corrected chi connectivity index (χ2v) is 9.16. The molecule has 3 heterocycles. The van der Waals surface area contributed by atoms with Crippen LogP contribution < -0.4 is 15.0 Å². The summed E-state index contributed by atoms with van der Waals surface area (Å²) in [6, 6.07) is 8.74. The van der Waals surface area contributed by atoms with E-state index < -0.39 is 18.2 Å². The van der Waals surface area contributed by atoms with E-state index in [1.165, 1.54) is 6.07 Å². The number of aromatic nitrogens is 2. The summed E-state index contributed by atoms with van der Waals surface area (Å²) in [5.41, 5.74) is 3.55. The Balaban J connectivity index is 1.44. The van der Waals surface area contributed by atoms with Crippen LogP contribution in [0.2, 0.25) is 0 Å². The number of aliphatic hydroxyl groups excluding tert-OH is 1. The molecule has 3 aromatic rings. The number of hydrogen-bond acceptors (Lipinski definition) is 7. The first-order chi connectivity index (χ1) is 17.3. The van der Waals surface area contributed by atoms with Gasteiger partial charge in [0, 0.05) is 30.4 Å². The Morgan fingerprint density at radius 1 is 1.17 bits per heavy atom. The fourth-order valence-electron chi connectivity index (χ4n) is 4.68. The number of halogens is 2. The average molecular weight is 496 g/mol. The predicted octanol–water partition coefficient (Wildman–Crippen LogP) is 3.65. The molecule has 8 nitrogen and oxygen atoms in total. The van der Waals surface area contributed by atoms with Crippen LogP contribution in [0.5, 0.6) is 5.75 Å². The van der Waals surface area contributed by atoms with E-state index in [-0.39, 0.29) is 34.9 Å². The van der Waals surface area contributed by atoms with Crippen LogP contribution in [-0.4, -0.2) is 58.2 Å². The fraction of sp³-hybridized carbons (Fsp3) is 0.346. The SMILES string of the molecule is CC(C)N1CCOc2c(F)cc(-c3nc(Nc4ccc5c(c4)CN(C(=O)CO)CC5)ncc3F)cc21. The third kappa shape index (κ3) is 4.56. The van der Waals surface area contributed by atoms with Gasteiger partial charge in [0.25, 0.3) is 0 Å². The molecule has 0 atom stereocenters. The molecule has 2 aromatic carbocycles. The Morgan fingerprint density at radius 3 is 2.78 bits per heavy atom. The third-order valence-electron chi connectivity index (χ3n) is 6.52. The molecule has 2 aliphatic rings. The number of benzene rings is 2. The zero-order valence-corrected chi connectivity index (χ0v) is 20.1. The zero-order chi connectivity index (χ0) is 25.4. The Hall–Kier alpha value is -3.79. The van der Waals surface area contributed by atoms with E-state index in [1.54, 1.807) is 11.0 Å². The highest BCUT2D eigenvalue weighted by molar-refractivity contribution is 5.77. The van der Waals surface area contributed by atoms with E-state index in [0.29, 0.717) is 44.0 Å². The summed E-state index contributed by atoms with van der Waals surface area (Å²) in [6.45, 7) is 5.41. The maximum atomic E-state index is 14.9. The zero-order valence-electron chi connectivity index (χ0n) is 20.1. The van der Waals surface area contributed by atoms with Crippen LogP contribution in [0.15, 0.2) is 36.5 Å². The molecule has 0 saturated carbocycles. The molecule has 0 radical (unpaired) electrons. The molecular weight excluding hydrogens is 468 g/mol. The van der Waals surface area contributed by atoms with Gasteiger partial charge in [-0.3, -0.25) is 4.79 Å². The minimum absolute atomic E-state index is 0.0267. The number of carbonyl (C=O) groups is 1. The lowest BCUT2D eigenvalue weighted by Gasteiger charge is -2.34. The summed E-state index contributed by atoms with van der Waals surface area (Å²) >= 11 is 0. The van der Waals surface area contributed by atoms with Gasteiger partial charge in [0.2, 0.25) is 11.9 Å². The first-order valence-corrected chi connectivity index (χ1v) is 11.9. The molecule has 36 heavy (non-hydrogen) atoms. The largest absolute Gasteiger partial charge is 0.486 e. The van der Waals surface area contributed by atoms with Gasteiger partial charge in [-0.1, -0.05) is 6.07 Å². The highest BCUT2D eigenvalue weighted by Gasteiger charge is 2.26. The molecule has 1 amide bonds. The number of carbonyl (C=O) groups excluding carboxylic acids is 1. The van der Waals surface area contributed by atoms with Crippen molar-refractivity contribution < 1.29 is 23.4 Å². The number of hydrogen-bond donors (Lipinski definition) is 2. The van der Waals surface area contributed by atoms with Gasteiger partial charge in [-0.05, 0) is 55.7 Å². The Labute approximate surface area is 207 Å². The van der Waals surface area contributed by atoms with Crippen molar-refractivity contribution in [2.24, 2.45) is 0 Å². The number of anilines is 3. The van der Waals surface area contributed by atoms with Crippen LogP contribution in [0.3, 0.4) is 0 Å². The van der Waals surface area contributed by atoms with Crippen molar-refractivity contribution in [3.8, 4) is 17.0 Å². The van der Waals surface area contributed by atoms with Gasteiger partial charge in [-0.25, -0.2) is 18.7 Å². The van der Waals surface area contributed by atoms with Gasteiger partial charge in [-0.15, -0.1) is 0 Å². The number of rotatable bonds is 5. The summed E-state index contributed by atoms with van der Waals surface area (Å²) in [5, 5.41) is 12.2. The van der Waals surface area contributed by atoms with E-state index in [2.05, 4.69) is 15.3 Å². The second-order valence-electron chi connectivity index (χ2n) is 9.16. The molecule has 0 saturated heterocycles. The Morgan fingerprint density at radius 2 is 2.00 bits per heavy atom. The van der Waals surface area contributed by atoms with Gasteiger partial charge < -0.3 is 25.0 Å². The first-order valence-electron chi connectivity index (χ1n) is 11.9. The lowest BCUT2D eigenvalue weighted by Crippen LogP contribution is -2.38. The molecule has 2 N–H and O–H groups in total. The molecule has 2 aliphatic heterocycles. The lowest BCUT2D eigenvalue weighted by molar-refractivity contribution is -0.135. The van der Waals surface area contributed by atoms with Crippen LogP contribution in [-0.2, 0) is 17.8 Å². The smallest absolute Gasteiger partial charge is 0.248 e. The standard InChI is InChI=1S/C26H27F2N5O3/c1-15(2)33-7-8-36-25-20(27)10-17(11-22(25)33)24-21(28)12-29-26(31-24)30-19-4-3-16-5-6-32(23(35)14-34)13-18(16)9-19/h3-4,9-12,15,34H,5-8,13-14H2,1-2H3,(H,29,30,31). The number of nitrogens with zero attached hydrogens (tertiary/aromatic N) is 4. The normalized spacial score (nSPS) is 14.8. The quantitative estimate of drug-likeness (QED) is 0.558. The maximum absolute atomic E-state index is 14.9. The minimum Gasteiger partial charge on any atom is -0.486 e. The van der Waals surface area contributed by atoms with Crippen LogP contribution in [0.4, 0.5) is 26.1 Å². The van der Waals surface area contributed by atoms with E-state index in [4.69, 9.17) is 9.84 Å². The average Bonchev–Trinajstić information content (AvgIpc) is 2.88. The molecule has 188 valence electrons. The molecule has 10 heteroatoms. The molecule has 0 unspecified atom stereocenters. The van der Waals surface area contributed by atoms with E-state index in [9.17, 15) is 13.6 Å². The van der Waals surface area contributed by atoms with Crippen molar-refractivity contribution in [3.63, 3.8) is 0 Å². The number of nitrogens with one attached hydrogen (secondary N) is 1. The molecule has 0 bridgehead atoms. The summed E-state index contributed by atoms with van der Waals surface area (Å²) in [4.78, 5) is 23.9. The number of ether oxygens (including phenoxy) is 1. The van der Waals surface area contributed by atoms with Crippen molar-refractivity contribution in [2.75, 3.05) is 36.5 Å². The minimum atomic E-state index is -0.670. The number of aliphatic hydroxyl groups is 1. The fourth-order valence-corrected chi connectivity index (χ4v) is 4.68. The molecule has 5 rings (SSSR count). The Bertz CT molecular complexity index is 1320. The second kappa shape index (κ2) is 9.69. The van der Waals surface area contributed by atoms with Crippen molar-refractivity contribution in [1.29, 1.82) is 0 Å². The molecular formula is C26H27F2N5O3. The summed E-state index contributed by atoms with van der Waals surface area (Å²) in [5.74, 6) is -1.24. The maximum Gasteiger partial charge on any atom is 0.248 e. The summed E-state index contributed by atoms with van der Waals surface area (Å²) in [7, 11) is 0. The van der Waals surface area contributed by atoms with Crippen LogP contribution in [0, 0.1) is 11.6 Å². The summed E-state index contributed by atoms with van der Waals surface area (Å²) in [6.07, 6.45) is 1.75. The van der Waals surface area contributed by atoms with Crippen molar-refractivity contribution in [3.05, 3.63) is 59.3 Å². The van der Waals surface area contributed by atoms with E-state index in [1.807, 2.05) is 36.9 Å². The van der Waals surface area contributed by atoms with Crippen LogP contribution in [0.25, 0.3) is 11.3 Å². The Kier molecular flexibility index (Phi) is 6.44. The predicted molar refractivity (Wildman–Crippen MR) is 131 cm³/mol. The van der Waals surface area contributed by atoms with Gasteiger partial charge in [0.05, 0.1) is 18.4 Å². The lowest BCUT2D eigenvalue weighted by atomic mass is 9.99. The number of fused-ring (bicyclic) bond motifs is 2. The highest BCUT2D eigenvalue weighted by atomic mass is 19.1. The monoisotopic (exact) mass is 495 g/mol. The van der Waals surface area contributed by atoms with E-state index >= 15 is 0 Å². The topological polar surface area (TPSA) is 90.8 Å². The van der Waals surface area contributed by atoms with Gasteiger partial charge in [0.1, 0.15) is 18.9 Å². The molecule has 0 fully saturated rings. The van der Waals surface area contributed by atoms with Crippen molar-refractivity contribution in [1.82, 2.24) is 14.9 Å². The third-order valence-corrected chi connectivity index (χ3v) is 6.52. The number of amides is 1. The van der Waals surface area contributed by atoms with Crippen LogP contribution >= 0.6 is 0 Å². The highest BCUT2D eigenvalue weighted by Crippen LogP contribution is 2.39. The van der Waals surface area contributed by atoms with Crippen LogP contribution in [0.1, 0.15) is 25.0 Å².